The van der Waals surface area contributed by atoms with Crippen molar-refractivity contribution in [3.05, 3.63) is 18.0 Å². The highest BCUT2D eigenvalue weighted by Gasteiger charge is 2.33. The predicted molar refractivity (Wildman–Crippen MR) is 62.8 cm³/mol. The molecule has 0 saturated carbocycles. The number of nitrogens with one attached hydrogen (secondary N) is 1. The molecule has 0 bridgehead atoms. The van der Waals surface area contributed by atoms with E-state index in [0.717, 1.165) is 12.1 Å². The van der Waals surface area contributed by atoms with E-state index in [1.807, 2.05) is 0 Å². The minimum Gasteiger partial charge on any atom is -0.480 e. The van der Waals surface area contributed by atoms with Gasteiger partial charge in [0.2, 0.25) is 0 Å². The number of aromatic nitrogens is 2. The number of aliphatic carboxylic acids is 1. The maximum atomic E-state index is 11.9. The fourth-order valence-electron chi connectivity index (χ4n) is 2.11. The highest BCUT2D eigenvalue weighted by atomic mass is 16.4. The molecule has 0 radical (unpaired) electrons. The standard InChI is InChI=1S/C11H16N4O3/c1-14-8(4-5-13-14)7-12-11(18)15-6-2-3-9(15)10(16)17/h4-5,9H,2-3,6-7H2,1H3,(H,12,18)(H,16,17). The second-order valence-corrected chi connectivity index (χ2v) is 4.29. The highest BCUT2D eigenvalue weighted by molar-refractivity contribution is 5.83. The monoisotopic (exact) mass is 252 g/mol. The van der Waals surface area contributed by atoms with Crippen LogP contribution in [0.15, 0.2) is 12.3 Å². The Morgan fingerprint density at radius 3 is 3.00 bits per heavy atom. The zero-order valence-electron chi connectivity index (χ0n) is 10.2. The Balaban J connectivity index is 1.92. The van der Waals surface area contributed by atoms with Crippen LogP contribution in [-0.2, 0) is 18.4 Å². The van der Waals surface area contributed by atoms with Gasteiger partial charge < -0.3 is 15.3 Å². The SMILES string of the molecule is Cn1nccc1CNC(=O)N1CCCC1C(=O)O. The van der Waals surface area contributed by atoms with Crippen molar-refractivity contribution >= 4 is 12.0 Å². The molecule has 1 aliphatic heterocycles. The fraction of sp³-hybridized carbons (Fsp3) is 0.545. The Kier molecular flexibility index (Phi) is 3.50. The van der Waals surface area contributed by atoms with Gasteiger partial charge in [-0.05, 0) is 18.9 Å². The molecule has 1 unspecified atom stereocenters. The number of urea groups is 1. The molecule has 1 aromatic heterocycles. The predicted octanol–water partition coefficient (Wildman–Crippen LogP) is 0.179. The Bertz CT molecular complexity index is 457. The molecule has 2 heterocycles. The van der Waals surface area contributed by atoms with Gasteiger partial charge in [0.05, 0.1) is 12.2 Å². The zero-order chi connectivity index (χ0) is 13.1. The van der Waals surface area contributed by atoms with E-state index in [0.29, 0.717) is 19.5 Å². The fourth-order valence-corrected chi connectivity index (χ4v) is 2.11. The number of aryl methyl sites for hydroxylation is 1. The van der Waals surface area contributed by atoms with E-state index in [-0.39, 0.29) is 6.03 Å². The van der Waals surface area contributed by atoms with E-state index in [4.69, 9.17) is 5.11 Å². The maximum Gasteiger partial charge on any atom is 0.326 e. The first-order valence-corrected chi connectivity index (χ1v) is 5.83. The van der Waals surface area contributed by atoms with Gasteiger partial charge in [0.1, 0.15) is 6.04 Å². The third kappa shape index (κ3) is 2.44. The quantitative estimate of drug-likeness (QED) is 0.803. The number of carbonyl (C=O) groups is 2. The summed E-state index contributed by atoms with van der Waals surface area (Å²) in [6.45, 7) is 0.840. The summed E-state index contributed by atoms with van der Waals surface area (Å²) >= 11 is 0. The Morgan fingerprint density at radius 2 is 2.39 bits per heavy atom. The van der Waals surface area contributed by atoms with Crippen LogP contribution in [0.3, 0.4) is 0 Å². The molecule has 0 aromatic carbocycles. The normalized spacial score (nSPS) is 18.9. The average molecular weight is 252 g/mol. The molecule has 18 heavy (non-hydrogen) atoms. The van der Waals surface area contributed by atoms with Crippen LogP contribution >= 0.6 is 0 Å². The number of hydrogen-bond acceptors (Lipinski definition) is 3. The largest absolute Gasteiger partial charge is 0.480 e. The second kappa shape index (κ2) is 5.07. The molecule has 0 aliphatic carbocycles. The summed E-state index contributed by atoms with van der Waals surface area (Å²) in [6.07, 6.45) is 2.90. The van der Waals surface area contributed by atoms with Gasteiger partial charge in [-0.25, -0.2) is 9.59 Å². The molecular formula is C11H16N4O3. The molecule has 1 atom stereocenters. The summed E-state index contributed by atoms with van der Waals surface area (Å²) in [5.41, 5.74) is 0.870. The van der Waals surface area contributed by atoms with Crippen LogP contribution < -0.4 is 5.32 Å². The van der Waals surface area contributed by atoms with E-state index < -0.39 is 12.0 Å². The van der Waals surface area contributed by atoms with Gasteiger partial charge in [0, 0.05) is 19.8 Å². The van der Waals surface area contributed by atoms with E-state index in [9.17, 15) is 9.59 Å². The van der Waals surface area contributed by atoms with Crippen molar-refractivity contribution in [2.24, 2.45) is 7.05 Å². The van der Waals surface area contributed by atoms with Crippen LogP contribution in [-0.4, -0.2) is 44.4 Å². The molecule has 1 aromatic rings. The summed E-state index contributed by atoms with van der Waals surface area (Å²) in [7, 11) is 1.79. The lowest BCUT2D eigenvalue weighted by Gasteiger charge is -2.21. The molecule has 7 heteroatoms. The highest BCUT2D eigenvalue weighted by Crippen LogP contribution is 2.17. The number of nitrogens with zero attached hydrogens (tertiary/aromatic N) is 3. The summed E-state index contributed by atoms with van der Waals surface area (Å²) in [5.74, 6) is -0.941. The first-order valence-electron chi connectivity index (χ1n) is 5.83. The number of carbonyl (C=O) groups excluding carboxylic acids is 1. The second-order valence-electron chi connectivity index (χ2n) is 4.29. The van der Waals surface area contributed by atoms with Gasteiger partial charge >= 0.3 is 12.0 Å². The Labute approximate surface area is 104 Å². The van der Waals surface area contributed by atoms with Crippen molar-refractivity contribution in [1.82, 2.24) is 20.0 Å². The summed E-state index contributed by atoms with van der Waals surface area (Å²) in [6, 6.07) is 0.775. The Morgan fingerprint density at radius 1 is 1.61 bits per heavy atom. The molecule has 2 N–H and O–H groups in total. The molecule has 1 fully saturated rings. The van der Waals surface area contributed by atoms with Gasteiger partial charge in [-0.2, -0.15) is 5.10 Å². The minimum atomic E-state index is -0.941. The molecule has 1 aliphatic rings. The smallest absolute Gasteiger partial charge is 0.326 e. The number of likely N-dealkylation sites (tertiary alicyclic amines) is 1. The molecule has 2 amide bonds. The van der Waals surface area contributed by atoms with Gasteiger partial charge in [-0.3, -0.25) is 4.68 Å². The number of rotatable bonds is 3. The van der Waals surface area contributed by atoms with E-state index >= 15 is 0 Å². The van der Waals surface area contributed by atoms with Gasteiger partial charge in [-0.1, -0.05) is 0 Å². The number of carboxylic acids is 1. The van der Waals surface area contributed by atoms with Gasteiger partial charge in [-0.15, -0.1) is 0 Å². The summed E-state index contributed by atoms with van der Waals surface area (Å²) in [5, 5.41) is 15.7. The van der Waals surface area contributed by atoms with Crippen molar-refractivity contribution in [1.29, 1.82) is 0 Å². The first-order chi connectivity index (χ1) is 8.59. The minimum absolute atomic E-state index is 0.332. The first kappa shape index (κ1) is 12.4. The third-order valence-corrected chi connectivity index (χ3v) is 3.14. The summed E-state index contributed by atoms with van der Waals surface area (Å²) < 4.78 is 1.67. The molecule has 7 nitrogen and oxygen atoms in total. The molecule has 0 spiro atoms. The lowest BCUT2D eigenvalue weighted by Crippen LogP contribution is -2.45. The van der Waals surface area contributed by atoms with Crippen LogP contribution in [0.1, 0.15) is 18.5 Å². The molecule has 2 rings (SSSR count). The average Bonchev–Trinajstić information content (AvgIpc) is 2.94. The van der Waals surface area contributed by atoms with Crippen LogP contribution in [0, 0.1) is 0 Å². The van der Waals surface area contributed by atoms with Crippen LogP contribution in [0.25, 0.3) is 0 Å². The topological polar surface area (TPSA) is 87.5 Å². The zero-order valence-corrected chi connectivity index (χ0v) is 10.2. The number of hydrogen-bond donors (Lipinski definition) is 2. The molecule has 98 valence electrons. The third-order valence-electron chi connectivity index (χ3n) is 3.14. The van der Waals surface area contributed by atoms with Crippen molar-refractivity contribution < 1.29 is 14.7 Å². The van der Waals surface area contributed by atoms with Crippen molar-refractivity contribution in [3.63, 3.8) is 0 Å². The van der Waals surface area contributed by atoms with E-state index in [1.54, 1.807) is 24.0 Å². The number of amides is 2. The van der Waals surface area contributed by atoms with Gasteiger partial charge in [0.25, 0.3) is 0 Å². The lowest BCUT2D eigenvalue weighted by molar-refractivity contribution is -0.141. The lowest BCUT2D eigenvalue weighted by atomic mass is 10.2. The van der Waals surface area contributed by atoms with Gasteiger partial charge in [0.15, 0.2) is 0 Å². The van der Waals surface area contributed by atoms with Crippen LogP contribution in [0.2, 0.25) is 0 Å². The van der Waals surface area contributed by atoms with E-state index in [1.165, 1.54) is 4.90 Å². The van der Waals surface area contributed by atoms with Crippen LogP contribution in [0.4, 0.5) is 4.79 Å². The van der Waals surface area contributed by atoms with Crippen molar-refractivity contribution in [2.45, 2.75) is 25.4 Å². The Hall–Kier alpha value is -2.05. The number of carboxylic acid groups (broad SMARTS) is 1. The van der Waals surface area contributed by atoms with Crippen molar-refractivity contribution in [2.75, 3.05) is 6.54 Å². The molecular weight excluding hydrogens is 236 g/mol. The van der Waals surface area contributed by atoms with Crippen molar-refractivity contribution in [3.8, 4) is 0 Å². The van der Waals surface area contributed by atoms with E-state index in [2.05, 4.69) is 10.4 Å². The molecule has 1 saturated heterocycles. The summed E-state index contributed by atoms with van der Waals surface area (Å²) in [4.78, 5) is 24.2. The maximum absolute atomic E-state index is 11.9. The van der Waals surface area contributed by atoms with Crippen LogP contribution in [0.5, 0.6) is 0 Å².